The maximum absolute atomic E-state index is 12.4. The Balaban J connectivity index is 1.43. The zero-order valence-electron chi connectivity index (χ0n) is 17.4. The Kier molecular flexibility index (Phi) is 4.89. The quantitative estimate of drug-likeness (QED) is 0.720. The van der Waals surface area contributed by atoms with Gasteiger partial charge in [0.15, 0.2) is 5.69 Å². The van der Waals surface area contributed by atoms with Crippen molar-refractivity contribution < 1.29 is 9.59 Å². The molecule has 1 saturated carbocycles. The van der Waals surface area contributed by atoms with Crippen molar-refractivity contribution in [1.82, 2.24) is 20.0 Å². The zero-order chi connectivity index (χ0) is 20.8. The first kappa shape index (κ1) is 19.4. The highest BCUT2D eigenvalue weighted by Gasteiger charge is 2.40. The minimum absolute atomic E-state index is 0.181. The van der Waals surface area contributed by atoms with Crippen LogP contribution in [0.1, 0.15) is 67.9 Å². The molecule has 1 aromatic heterocycles. The number of aromatic nitrogens is 2. The number of nitrogens with zero attached hydrogens (tertiary/aromatic N) is 3. The van der Waals surface area contributed by atoms with Crippen LogP contribution in [0.4, 0.5) is 10.5 Å². The summed E-state index contributed by atoms with van der Waals surface area (Å²) in [5.41, 5.74) is 7.48. The fourth-order valence-electron chi connectivity index (χ4n) is 5.68. The highest BCUT2D eigenvalue weighted by Crippen LogP contribution is 2.41. The minimum Gasteiger partial charge on any atom is -0.364 e. The lowest BCUT2D eigenvalue weighted by Crippen LogP contribution is -2.40. The lowest BCUT2D eigenvalue weighted by molar-refractivity contribution is 0.0993. The van der Waals surface area contributed by atoms with E-state index in [1.54, 1.807) is 0 Å². The SMILES string of the molecule is CN1C2CCC1CC(n1nc(C(N)=O)c3ccc(NC(=O)NC4CCCC4)cc31)C2. The number of benzene rings is 1. The molecule has 2 aliphatic heterocycles. The van der Waals surface area contributed by atoms with E-state index >= 15 is 0 Å². The third-order valence-electron chi connectivity index (χ3n) is 7.31. The molecular weight excluding hydrogens is 380 g/mol. The van der Waals surface area contributed by atoms with E-state index in [1.807, 2.05) is 22.9 Å². The summed E-state index contributed by atoms with van der Waals surface area (Å²) >= 11 is 0. The fraction of sp³-hybridized carbons (Fsp3) is 0.591. The van der Waals surface area contributed by atoms with Crippen LogP contribution in [0.15, 0.2) is 18.2 Å². The van der Waals surface area contributed by atoms with Crippen molar-refractivity contribution in [3.63, 3.8) is 0 Å². The van der Waals surface area contributed by atoms with Crippen LogP contribution in [0.2, 0.25) is 0 Å². The summed E-state index contributed by atoms with van der Waals surface area (Å²) in [5.74, 6) is -0.519. The van der Waals surface area contributed by atoms with Crippen LogP contribution in [-0.2, 0) is 0 Å². The number of urea groups is 1. The first-order chi connectivity index (χ1) is 14.5. The molecule has 2 unspecified atom stereocenters. The molecule has 30 heavy (non-hydrogen) atoms. The molecule has 8 heteroatoms. The average Bonchev–Trinajstić information content (AvgIpc) is 3.38. The molecule has 2 saturated heterocycles. The van der Waals surface area contributed by atoms with E-state index in [9.17, 15) is 9.59 Å². The number of nitrogens with two attached hydrogens (primary N) is 1. The Hall–Kier alpha value is -2.61. The van der Waals surface area contributed by atoms with E-state index in [1.165, 1.54) is 25.7 Å². The Labute approximate surface area is 176 Å². The molecule has 3 fully saturated rings. The van der Waals surface area contributed by atoms with Crippen LogP contribution in [0.5, 0.6) is 0 Å². The zero-order valence-corrected chi connectivity index (χ0v) is 17.4. The molecule has 0 spiro atoms. The van der Waals surface area contributed by atoms with E-state index < -0.39 is 5.91 Å². The number of carbonyl (C=O) groups is 2. The molecule has 160 valence electrons. The van der Waals surface area contributed by atoms with Crippen molar-refractivity contribution in [3.8, 4) is 0 Å². The molecule has 5 rings (SSSR count). The number of anilines is 1. The maximum atomic E-state index is 12.4. The first-order valence-corrected chi connectivity index (χ1v) is 11.1. The number of piperidine rings is 1. The number of nitrogens with one attached hydrogen (secondary N) is 2. The molecule has 4 N–H and O–H groups in total. The van der Waals surface area contributed by atoms with Crippen LogP contribution in [-0.4, -0.2) is 51.8 Å². The van der Waals surface area contributed by atoms with E-state index in [0.717, 1.165) is 36.6 Å². The second-order valence-electron chi connectivity index (χ2n) is 9.14. The monoisotopic (exact) mass is 410 g/mol. The molecule has 3 aliphatic rings. The second-order valence-corrected chi connectivity index (χ2v) is 9.14. The topological polar surface area (TPSA) is 105 Å². The molecule has 3 amide bonds. The number of carbonyl (C=O) groups excluding carboxylic acids is 2. The van der Waals surface area contributed by atoms with Crippen LogP contribution < -0.4 is 16.4 Å². The molecule has 8 nitrogen and oxygen atoms in total. The Morgan fingerprint density at radius 2 is 1.77 bits per heavy atom. The number of primary amides is 1. The first-order valence-electron chi connectivity index (χ1n) is 11.1. The summed E-state index contributed by atoms with van der Waals surface area (Å²) in [7, 11) is 2.21. The number of hydrogen-bond acceptors (Lipinski definition) is 4. The van der Waals surface area contributed by atoms with E-state index in [0.29, 0.717) is 23.5 Å². The van der Waals surface area contributed by atoms with Crippen molar-refractivity contribution in [3.05, 3.63) is 23.9 Å². The van der Waals surface area contributed by atoms with Gasteiger partial charge >= 0.3 is 6.03 Å². The van der Waals surface area contributed by atoms with E-state index in [2.05, 4.69) is 27.7 Å². The Morgan fingerprint density at radius 1 is 1.07 bits per heavy atom. The van der Waals surface area contributed by atoms with Crippen molar-refractivity contribution in [2.75, 3.05) is 12.4 Å². The molecule has 1 aliphatic carbocycles. The number of amides is 3. The highest BCUT2D eigenvalue weighted by molar-refractivity contribution is 6.05. The number of rotatable bonds is 4. The summed E-state index contributed by atoms with van der Waals surface area (Å²) in [6.45, 7) is 0. The highest BCUT2D eigenvalue weighted by atomic mass is 16.2. The minimum atomic E-state index is -0.519. The Morgan fingerprint density at radius 3 is 2.43 bits per heavy atom. The predicted molar refractivity (Wildman–Crippen MR) is 116 cm³/mol. The van der Waals surface area contributed by atoms with Crippen LogP contribution in [0.25, 0.3) is 10.9 Å². The summed E-state index contributed by atoms with van der Waals surface area (Å²) < 4.78 is 1.98. The van der Waals surface area contributed by atoms with Gasteiger partial charge in [0.1, 0.15) is 0 Å². The largest absolute Gasteiger partial charge is 0.364 e. The lowest BCUT2D eigenvalue weighted by atomic mass is 9.98. The van der Waals surface area contributed by atoms with Gasteiger partial charge < -0.3 is 21.3 Å². The summed E-state index contributed by atoms with van der Waals surface area (Å²) in [6.07, 6.45) is 8.89. The van der Waals surface area contributed by atoms with Gasteiger partial charge in [0.25, 0.3) is 5.91 Å². The number of fused-ring (bicyclic) bond motifs is 3. The van der Waals surface area contributed by atoms with Gasteiger partial charge in [0.2, 0.25) is 0 Å². The smallest absolute Gasteiger partial charge is 0.319 e. The van der Waals surface area contributed by atoms with Crippen LogP contribution >= 0.6 is 0 Å². The molecule has 1 aromatic carbocycles. The summed E-state index contributed by atoms with van der Waals surface area (Å²) in [6, 6.07) is 7.00. The van der Waals surface area contributed by atoms with Gasteiger partial charge in [0.05, 0.1) is 11.6 Å². The second kappa shape index (κ2) is 7.58. The van der Waals surface area contributed by atoms with Crippen molar-refractivity contribution in [2.45, 2.75) is 75.5 Å². The normalized spacial score (nSPS) is 26.9. The Bertz CT molecular complexity index is 965. The van der Waals surface area contributed by atoms with Crippen LogP contribution in [0.3, 0.4) is 0 Å². The van der Waals surface area contributed by atoms with Gasteiger partial charge in [-0.2, -0.15) is 5.10 Å². The van der Waals surface area contributed by atoms with Crippen LogP contribution in [0, 0.1) is 0 Å². The van der Waals surface area contributed by atoms with Gasteiger partial charge in [-0.05, 0) is 63.8 Å². The van der Waals surface area contributed by atoms with Gasteiger partial charge in [-0.25, -0.2) is 4.79 Å². The molecule has 0 radical (unpaired) electrons. The maximum Gasteiger partial charge on any atom is 0.319 e. The predicted octanol–water partition coefficient (Wildman–Crippen LogP) is 3.00. The standard InChI is InChI=1S/C22H30N6O2/c1-27-15-7-8-16(27)12-17(11-15)28-19-10-14(6-9-18(19)20(26-28)21(23)29)25-22(30)24-13-4-2-3-5-13/h6,9-10,13,15-17H,2-5,7-8,11-12H2,1H3,(H2,23,29)(H2,24,25,30). The fourth-order valence-corrected chi connectivity index (χ4v) is 5.68. The summed E-state index contributed by atoms with van der Waals surface area (Å²) in [5, 5.41) is 11.4. The van der Waals surface area contributed by atoms with Gasteiger partial charge in [0, 0.05) is 29.2 Å². The summed E-state index contributed by atoms with van der Waals surface area (Å²) in [4.78, 5) is 26.9. The number of hydrogen-bond donors (Lipinski definition) is 3. The van der Waals surface area contributed by atoms with Gasteiger partial charge in [-0.3, -0.25) is 9.48 Å². The van der Waals surface area contributed by atoms with Crippen molar-refractivity contribution >= 4 is 28.5 Å². The average molecular weight is 411 g/mol. The van der Waals surface area contributed by atoms with E-state index in [4.69, 9.17) is 5.73 Å². The lowest BCUT2D eigenvalue weighted by Gasteiger charge is -2.36. The molecular formula is C22H30N6O2. The van der Waals surface area contributed by atoms with Crippen molar-refractivity contribution in [1.29, 1.82) is 0 Å². The third-order valence-corrected chi connectivity index (χ3v) is 7.31. The van der Waals surface area contributed by atoms with Gasteiger partial charge in [-0.15, -0.1) is 0 Å². The van der Waals surface area contributed by atoms with E-state index in [-0.39, 0.29) is 18.1 Å². The molecule has 2 atom stereocenters. The molecule has 2 aromatic rings. The third kappa shape index (κ3) is 3.43. The van der Waals surface area contributed by atoms with Gasteiger partial charge in [-0.1, -0.05) is 12.8 Å². The molecule has 3 heterocycles. The molecule has 2 bridgehead atoms. The van der Waals surface area contributed by atoms with Crippen molar-refractivity contribution in [2.24, 2.45) is 5.73 Å².